The summed E-state index contributed by atoms with van der Waals surface area (Å²) >= 11 is 0. The quantitative estimate of drug-likeness (QED) is 0.195. The van der Waals surface area contributed by atoms with Crippen molar-refractivity contribution in [2.75, 3.05) is 32.6 Å². The summed E-state index contributed by atoms with van der Waals surface area (Å²) in [6.07, 6.45) is 4.55. The topological polar surface area (TPSA) is 143 Å². The average Bonchev–Trinajstić information content (AvgIpc) is 3.29. The van der Waals surface area contributed by atoms with Gasteiger partial charge in [0.05, 0.1) is 33.3 Å². The van der Waals surface area contributed by atoms with E-state index in [0.29, 0.717) is 34.0 Å². The number of anilines is 1. The molecule has 0 saturated heterocycles. The van der Waals surface area contributed by atoms with Gasteiger partial charge in [-0.25, -0.2) is 23.6 Å². The van der Waals surface area contributed by atoms with Gasteiger partial charge in [0.15, 0.2) is 11.5 Å². The van der Waals surface area contributed by atoms with Crippen LogP contribution in [0.3, 0.4) is 0 Å². The number of fused-ring (bicyclic) bond motifs is 1. The van der Waals surface area contributed by atoms with Gasteiger partial charge in [-0.15, -0.1) is 0 Å². The fourth-order valence-corrected chi connectivity index (χ4v) is 3.98. The SMILES string of the molecule is CN(C)CCNS(=O)c1ccc(/C=N/Nc2ncnc3c2cnn3-c2cccc([N+](=O)[O-])c2)cc1. The van der Waals surface area contributed by atoms with Crippen LogP contribution in [0.25, 0.3) is 16.7 Å². The van der Waals surface area contributed by atoms with Crippen molar-refractivity contribution >= 4 is 39.7 Å². The Morgan fingerprint density at radius 1 is 1.20 bits per heavy atom. The maximum atomic E-state index is 12.3. The monoisotopic (exact) mass is 493 g/mol. The number of benzene rings is 2. The van der Waals surface area contributed by atoms with Crippen LogP contribution in [0.1, 0.15) is 5.56 Å². The van der Waals surface area contributed by atoms with Gasteiger partial charge >= 0.3 is 0 Å². The van der Waals surface area contributed by atoms with Gasteiger partial charge in [-0.3, -0.25) is 15.5 Å². The molecule has 0 aliphatic rings. The third kappa shape index (κ3) is 5.90. The number of hydrazone groups is 1. The third-order valence-electron chi connectivity index (χ3n) is 4.92. The molecule has 0 radical (unpaired) electrons. The molecule has 0 aliphatic carbocycles. The lowest BCUT2D eigenvalue weighted by Gasteiger charge is -2.10. The molecular formula is C22H23N9O3S. The van der Waals surface area contributed by atoms with E-state index in [1.54, 1.807) is 36.7 Å². The van der Waals surface area contributed by atoms with E-state index >= 15 is 0 Å². The zero-order valence-corrected chi connectivity index (χ0v) is 19.8. The molecule has 2 aromatic carbocycles. The summed E-state index contributed by atoms with van der Waals surface area (Å²) in [5.74, 6) is 0.436. The summed E-state index contributed by atoms with van der Waals surface area (Å²) in [6.45, 7) is 1.42. The first-order valence-corrected chi connectivity index (χ1v) is 11.7. The minimum Gasteiger partial charge on any atom is -0.308 e. The molecule has 2 heterocycles. The molecule has 180 valence electrons. The number of nitro benzene ring substituents is 1. The van der Waals surface area contributed by atoms with E-state index in [1.807, 2.05) is 31.1 Å². The van der Waals surface area contributed by atoms with Gasteiger partial charge in [0.1, 0.15) is 17.3 Å². The highest BCUT2D eigenvalue weighted by Crippen LogP contribution is 2.23. The van der Waals surface area contributed by atoms with Crippen LogP contribution in [0.4, 0.5) is 11.5 Å². The Morgan fingerprint density at radius 2 is 2.00 bits per heavy atom. The van der Waals surface area contributed by atoms with Crippen molar-refractivity contribution in [1.29, 1.82) is 0 Å². The Hall–Kier alpha value is -4.07. The van der Waals surface area contributed by atoms with Crippen molar-refractivity contribution in [3.8, 4) is 5.69 Å². The van der Waals surface area contributed by atoms with Crippen LogP contribution in [0, 0.1) is 10.1 Å². The van der Waals surface area contributed by atoms with Crippen LogP contribution in [0.5, 0.6) is 0 Å². The predicted octanol–water partition coefficient (Wildman–Crippen LogP) is 2.34. The Morgan fingerprint density at radius 3 is 2.74 bits per heavy atom. The van der Waals surface area contributed by atoms with Crippen molar-refractivity contribution in [2.24, 2.45) is 5.10 Å². The molecule has 1 unspecified atom stereocenters. The van der Waals surface area contributed by atoms with Crippen molar-refractivity contribution in [3.63, 3.8) is 0 Å². The lowest BCUT2D eigenvalue weighted by Crippen LogP contribution is -2.27. The first-order chi connectivity index (χ1) is 16.9. The van der Waals surface area contributed by atoms with Gasteiger partial charge in [0, 0.05) is 25.2 Å². The first-order valence-electron chi connectivity index (χ1n) is 10.5. The Labute approximate surface area is 203 Å². The van der Waals surface area contributed by atoms with Crippen molar-refractivity contribution in [1.82, 2.24) is 29.4 Å². The predicted molar refractivity (Wildman–Crippen MR) is 134 cm³/mol. The summed E-state index contributed by atoms with van der Waals surface area (Å²) in [5, 5.41) is 20.2. The number of nitrogens with one attached hydrogen (secondary N) is 2. The molecule has 4 aromatic rings. The molecule has 35 heavy (non-hydrogen) atoms. The minimum atomic E-state index is -1.28. The van der Waals surface area contributed by atoms with Gasteiger partial charge in [-0.05, 0) is 37.9 Å². The van der Waals surface area contributed by atoms with Gasteiger partial charge in [-0.2, -0.15) is 10.2 Å². The highest BCUT2D eigenvalue weighted by Gasteiger charge is 2.13. The molecule has 13 heteroatoms. The van der Waals surface area contributed by atoms with Gasteiger partial charge in [0.2, 0.25) is 0 Å². The smallest absolute Gasteiger partial charge is 0.271 e. The van der Waals surface area contributed by atoms with Crippen LogP contribution in [0.2, 0.25) is 0 Å². The second-order valence-electron chi connectivity index (χ2n) is 7.70. The number of nitrogens with zero attached hydrogens (tertiary/aromatic N) is 7. The van der Waals surface area contributed by atoms with E-state index in [1.165, 1.54) is 23.1 Å². The number of likely N-dealkylation sites (N-methyl/N-ethyl adjacent to an activating group) is 1. The lowest BCUT2D eigenvalue weighted by molar-refractivity contribution is -0.384. The molecule has 0 fully saturated rings. The van der Waals surface area contributed by atoms with Crippen molar-refractivity contribution in [2.45, 2.75) is 4.90 Å². The van der Waals surface area contributed by atoms with Crippen LogP contribution in [0.15, 0.2) is 71.1 Å². The van der Waals surface area contributed by atoms with Gasteiger partial charge < -0.3 is 4.90 Å². The summed E-state index contributed by atoms with van der Waals surface area (Å²) in [7, 11) is 2.64. The number of nitro groups is 1. The molecular weight excluding hydrogens is 470 g/mol. The standard InChI is InChI=1S/C22H23N9O3S/c1-29(2)11-10-27-35(34)19-8-6-16(7-9-19)13-25-28-21-20-14-26-30(22(20)24-15-23-21)17-4-3-5-18(12-17)31(32)33/h3-9,12-15,27H,10-11H2,1-2H3,(H,23,24,28)/b25-13+. The molecule has 0 aliphatic heterocycles. The maximum absolute atomic E-state index is 12.3. The number of rotatable bonds is 10. The summed E-state index contributed by atoms with van der Waals surface area (Å²) in [5.41, 5.74) is 4.64. The second kappa shape index (κ2) is 10.9. The molecule has 0 amide bonds. The fraction of sp³-hybridized carbons (Fsp3) is 0.182. The lowest BCUT2D eigenvalue weighted by atomic mass is 10.2. The molecule has 0 spiro atoms. The third-order valence-corrected chi connectivity index (χ3v) is 6.09. The Bertz CT molecular complexity index is 1390. The minimum absolute atomic E-state index is 0.0395. The van der Waals surface area contributed by atoms with E-state index in [-0.39, 0.29) is 5.69 Å². The Balaban J connectivity index is 1.45. The summed E-state index contributed by atoms with van der Waals surface area (Å²) in [4.78, 5) is 21.8. The van der Waals surface area contributed by atoms with Gasteiger partial charge in [0.25, 0.3) is 5.69 Å². The van der Waals surface area contributed by atoms with Gasteiger partial charge in [-0.1, -0.05) is 18.2 Å². The molecule has 2 aromatic heterocycles. The number of aromatic nitrogens is 4. The summed E-state index contributed by atoms with van der Waals surface area (Å²) in [6, 6.07) is 13.3. The highest BCUT2D eigenvalue weighted by atomic mass is 32.2. The number of non-ortho nitro benzene ring substituents is 1. The van der Waals surface area contributed by atoms with Crippen LogP contribution in [-0.2, 0) is 11.0 Å². The molecule has 0 saturated carbocycles. The molecule has 1 atom stereocenters. The van der Waals surface area contributed by atoms with Crippen molar-refractivity contribution in [3.05, 3.63) is 76.7 Å². The first kappa shape index (κ1) is 24.1. The zero-order valence-electron chi connectivity index (χ0n) is 19.0. The van der Waals surface area contributed by atoms with E-state index in [2.05, 4.69) is 30.3 Å². The van der Waals surface area contributed by atoms with E-state index in [4.69, 9.17) is 0 Å². The summed E-state index contributed by atoms with van der Waals surface area (Å²) < 4.78 is 16.8. The number of hydrogen-bond acceptors (Lipinski definition) is 9. The van der Waals surface area contributed by atoms with Crippen molar-refractivity contribution < 1.29 is 9.13 Å². The van der Waals surface area contributed by atoms with E-state index in [0.717, 1.165) is 12.1 Å². The normalized spacial score (nSPS) is 12.4. The van der Waals surface area contributed by atoms with Crippen LogP contribution in [-0.4, -0.2) is 67.2 Å². The average molecular weight is 494 g/mol. The highest BCUT2D eigenvalue weighted by molar-refractivity contribution is 7.83. The molecule has 4 rings (SSSR count). The zero-order chi connectivity index (χ0) is 24.8. The molecule has 2 N–H and O–H groups in total. The molecule has 0 bridgehead atoms. The molecule has 12 nitrogen and oxygen atoms in total. The maximum Gasteiger partial charge on any atom is 0.271 e. The van der Waals surface area contributed by atoms with Crippen LogP contribution < -0.4 is 10.1 Å². The van der Waals surface area contributed by atoms with E-state index in [9.17, 15) is 14.3 Å². The number of hydrogen-bond donors (Lipinski definition) is 2. The largest absolute Gasteiger partial charge is 0.308 e. The fourth-order valence-electron chi connectivity index (χ4n) is 3.15. The van der Waals surface area contributed by atoms with E-state index < -0.39 is 15.9 Å². The second-order valence-corrected chi connectivity index (χ2v) is 9.00. The Kier molecular flexibility index (Phi) is 7.50. The van der Waals surface area contributed by atoms with Crippen LogP contribution >= 0.6 is 0 Å².